The minimum atomic E-state index is -0.225. The van der Waals surface area contributed by atoms with E-state index in [1.807, 2.05) is 23.1 Å². The maximum atomic E-state index is 14.1. The molecule has 3 aliphatic rings. The highest BCUT2D eigenvalue weighted by atomic mass is 19.1. The zero-order valence-corrected chi connectivity index (χ0v) is 20.6. The smallest absolute Gasteiger partial charge is 0.254 e. The first-order chi connectivity index (χ1) is 17.5. The molecule has 186 valence electrons. The van der Waals surface area contributed by atoms with E-state index in [1.165, 1.54) is 12.8 Å². The van der Waals surface area contributed by atoms with E-state index in [0.29, 0.717) is 18.0 Å². The van der Waals surface area contributed by atoms with Crippen LogP contribution in [0, 0.1) is 11.7 Å². The lowest BCUT2D eigenvalue weighted by atomic mass is 10.0. The number of aromatic nitrogens is 3. The van der Waals surface area contributed by atoms with Crippen LogP contribution >= 0.6 is 0 Å². The molecule has 7 nitrogen and oxygen atoms in total. The minimum Gasteiger partial charge on any atom is -0.371 e. The van der Waals surface area contributed by atoms with Gasteiger partial charge in [-0.15, -0.1) is 0 Å². The third-order valence-corrected chi connectivity index (χ3v) is 8.11. The third-order valence-electron chi connectivity index (χ3n) is 8.11. The highest BCUT2D eigenvalue weighted by Gasteiger charge is 2.30. The van der Waals surface area contributed by atoms with Crippen molar-refractivity contribution in [3.05, 3.63) is 47.8 Å². The van der Waals surface area contributed by atoms with Gasteiger partial charge in [0, 0.05) is 62.3 Å². The minimum absolute atomic E-state index is 0.0247. The van der Waals surface area contributed by atoms with E-state index in [2.05, 4.69) is 27.1 Å². The van der Waals surface area contributed by atoms with Crippen LogP contribution in [0.4, 0.5) is 10.1 Å². The Morgan fingerprint density at radius 1 is 1.11 bits per heavy atom. The Morgan fingerprint density at radius 2 is 1.97 bits per heavy atom. The van der Waals surface area contributed by atoms with E-state index in [-0.39, 0.29) is 17.8 Å². The topological polar surface area (TPSA) is 72.3 Å². The van der Waals surface area contributed by atoms with Gasteiger partial charge in [-0.1, -0.05) is 0 Å². The molecule has 0 bridgehead atoms. The molecule has 4 aromatic rings. The van der Waals surface area contributed by atoms with Gasteiger partial charge >= 0.3 is 0 Å². The second-order valence-electron chi connectivity index (χ2n) is 10.8. The number of carbonyl (C=O) groups excluding carboxylic acids is 1. The highest BCUT2D eigenvalue weighted by Crippen LogP contribution is 2.39. The lowest BCUT2D eigenvalue weighted by molar-refractivity contribution is 0.0709. The predicted octanol–water partition coefficient (Wildman–Crippen LogP) is 4.22. The SMILES string of the molecule is CN1CCn2c(-c3cc4cc(F)ccc4n3CC3CC3)nc3cc(C(=O)N4CCC[C@@H](N)C4)cc1c32. The quantitative estimate of drug-likeness (QED) is 0.469. The molecule has 1 amide bonds. The Morgan fingerprint density at radius 3 is 2.78 bits per heavy atom. The molecule has 8 heteroatoms. The van der Waals surface area contributed by atoms with Crippen LogP contribution < -0.4 is 10.6 Å². The maximum absolute atomic E-state index is 14.1. The highest BCUT2D eigenvalue weighted by molar-refractivity contribution is 6.03. The molecule has 7 rings (SSSR count). The van der Waals surface area contributed by atoms with Gasteiger partial charge in [-0.05, 0) is 68.0 Å². The molecule has 0 spiro atoms. The van der Waals surface area contributed by atoms with Crippen LogP contribution in [-0.2, 0) is 13.1 Å². The molecular formula is C28H31FN6O. The summed E-state index contributed by atoms with van der Waals surface area (Å²) >= 11 is 0. The molecule has 1 atom stereocenters. The van der Waals surface area contributed by atoms with Gasteiger partial charge in [-0.3, -0.25) is 4.79 Å². The van der Waals surface area contributed by atoms with Gasteiger partial charge in [0.25, 0.3) is 5.91 Å². The number of benzene rings is 2. The molecule has 2 aromatic heterocycles. The number of imidazole rings is 1. The summed E-state index contributed by atoms with van der Waals surface area (Å²) in [6, 6.07) is 11.1. The number of piperidine rings is 1. The first-order valence-corrected chi connectivity index (χ1v) is 13.1. The average molecular weight is 487 g/mol. The van der Waals surface area contributed by atoms with Crippen LogP contribution in [0.3, 0.4) is 0 Å². The van der Waals surface area contributed by atoms with Gasteiger partial charge in [0.2, 0.25) is 0 Å². The second kappa shape index (κ2) is 8.06. The predicted molar refractivity (Wildman–Crippen MR) is 140 cm³/mol. The molecule has 4 heterocycles. The fourth-order valence-electron chi connectivity index (χ4n) is 6.00. The number of nitrogens with two attached hydrogens (primary N) is 1. The van der Waals surface area contributed by atoms with Crippen LogP contribution in [-0.4, -0.2) is 57.6 Å². The largest absolute Gasteiger partial charge is 0.371 e. The molecule has 2 fully saturated rings. The molecular weight excluding hydrogens is 455 g/mol. The Hall–Kier alpha value is -3.39. The molecule has 1 saturated heterocycles. The Bertz CT molecular complexity index is 1520. The van der Waals surface area contributed by atoms with E-state index < -0.39 is 0 Å². The van der Waals surface area contributed by atoms with Crippen molar-refractivity contribution in [2.75, 3.05) is 31.6 Å². The Labute approximate surface area is 209 Å². The van der Waals surface area contributed by atoms with Gasteiger partial charge in [0.05, 0.1) is 22.4 Å². The Kier molecular flexibility index (Phi) is 4.90. The summed E-state index contributed by atoms with van der Waals surface area (Å²) < 4.78 is 18.7. The van der Waals surface area contributed by atoms with Gasteiger partial charge in [0.15, 0.2) is 5.82 Å². The summed E-state index contributed by atoms with van der Waals surface area (Å²) in [5.74, 6) is 1.35. The number of hydrogen-bond donors (Lipinski definition) is 1. The molecule has 0 radical (unpaired) electrons. The molecule has 2 N–H and O–H groups in total. The molecule has 1 aliphatic carbocycles. The van der Waals surface area contributed by atoms with E-state index in [9.17, 15) is 9.18 Å². The van der Waals surface area contributed by atoms with Gasteiger partial charge in [-0.25, -0.2) is 9.37 Å². The van der Waals surface area contributed by atoms with Crippen molar-refractivity contribution in [2.24, 2.45) is 11.7 Å². The van der Waals surface area contributed by atoms with E-state index in [4.69, 9.17) is 10.7 Å². The molecule has 1 saturated carbocycles. The zero-order valence-electron chi connectivity index (χ0n) is 20.6. The van der Waals surface area contributed by atoms with Gasteiger partial charge in [0.1, 0.15) is 5.82 Å². The van der Waals surface area contributed by atoms with E-state index in [0.717, 1.165) is 78.2 Å². The average Bonchev–Trinajstić information content (AvgIpc) is 3.52. The number of carbonyl (C=O) groups is 1. The van der Waals surface area contributed by atoms with Crippen LogP contribution in [0.25, 0.3) is 33.5 Å². The number of fused-ring (bicyclic) bond motifs is 1. The molecule has 2 aliphatic heterocycles. The summed E-state index contributed by atoms with van der Waals surface area (Å²) in [5.41, 5.74) is 11.8. The maximum Gasteiger partial charge on any atom is 0.254 e. The van der Waals surface area contributed by atoms with Crippen LogP contribution in [0.15, 0.2) is 36.4 Å². The first kappa shape index (κ1) is 21.9. The van der Waals surface area contributed by atoms with Gasteiger partial charge < -0.3 is 24.7 Å². The summed E-state index contributed by atoms with van der Waals surface area (Å²) in [6.07, 6.45) is 4.37. The summed E-state index contributed by atoms with van der Waals surface area (Å²) in [6.45, 7) is 3.89. The number of amides is 1. The number of hydrogen-bond acceptors (Lipinski definition) is 4. The normalized spacial score (nSPS) is 20.0. The Balaban J connectivity index is 1.39. The monoisotopic (exact) mass is 486 g/mol. The van der Waals surface area contributed by atoms with Crippen molar-refractivity contribution in [3.8, 4) is 11.5 Å². The summed E-state index contributed by atoms with van der Waals surface area (Å²) in [5, 5.41) is 0.899. The van der Waals surface area contributed by atoms with Crippen LogP contribution in [0.1, 0.15) is 36.0 Å². The van der Waals surface area contributed by atoms with Gasteiger partial charge in [-0.2, -0.15) is 0 Å². The number of anilines is 1. The van der Waals surface area contributed by atoms with Crippen molar-refractivity contribution in [3.63, 3.8) is 0 Å². The van der Waals surface area contributed by atoms with E-state index in [1.54, 1.807) is 12.1 Å². The van der Waals surface area contributed by atoms with Crippen molar-refractivity contribution >= 4 is 33.5 Å². The standard InChI is InChI=1S/C28H31FN6O/c1-32-9-10-34-26-22(12-19(14-24(26)32)28(36)33-8-2-3-21(30)16-33)31-27(34)25-13-18-11-20(29)6-7-23(18)35(25)15-17-4-5-17/h6-7,11-14,17,21H,2-5,8-10,15-16,30H2,1H3/t21-/m1/s1. The van der Waals surface area contributed by atoms with Crippen molar-refractivity contribution in [1.82, 2.24) is 19.0 Å². The lowest BCUT2D eigenvalue weighted by Gasteiger charge is -2.32. The number of rotatable bonds is 4. The fourth-order valence-corrected chi connectivity index (χ4v) is 6.00. The number of halogens is 1. The summed E-state index contributed by atoms with van der Waals surface area (Å²) in [7, 11) is 2.07. The molecule has 0 unspecified atom stereocenters. The third kappa shape index (κ3) is 3.50. The summed E-state index contributed by atoms with van der Waals surface area (Å²) in [4.78, 5) is 22.7. The van der Waals surface area contributed by atoms with E-state index >= 15 is 0 Å². The van der Waals surface area contributed by atoms with Crippen LogP contribution in [0.2, 0.25) is 0 Å². The zero-order chi connectivity index (χ0) is 24.6. The number of likely N-dealkylation sites (N-methyl/N-ethyl adjacent to an activating group) is 1. The van der Waals surface area contributed by atoms with Crippen molar-refractivity contribution in [1.29, 1.82) is 0 Å². The fraction of sp³-hybridized carbons (Fsp3) is 0.429. The molecule has 36 heavy (non-hydrogen) atoms. The lowest BCUT2D eigenvalue weighted by Crippen LogP contribution is -2.45. The van der Waals surface area contributed by atoms with Crippen LogP contribution in [0.5, 0.6) is 0 Å². The second-order valence-corrected chi connectivity index (χ2v) is 10.8. The van der Waals surface area contributed by atoms with Crippen molar-refractivity contribution in [2.45, 2.75) is 44.8 Å². The van der Waals surface area contributed by atoms with Crippen molar-refractivity contribution < 1.29 is 9.18 Å². The number of nitrogens with zero attached hydrogens (tertiary/aromatic N) is 5. The number of likely N-dealkylation sites (tertiary alicyclic amines) is 1. The first-order valence-electron chi connectivity index (χ1n) is 13.1. The molecule has 2 aromatic carbocycles.